The average Bonchev–Trinajstić information content (AvgIpc) is 2.69. The van der Waals surface area contributed by atoms with E-state index < -0.39 is 0 Å². The molecule has 2 aromatic rings. The third-order valence-electron chi connectivity index (χ3n) is 3.17. The number of halogens is 1. The number of rotatable bonds is 5. The van der Waals surface area contributed by atoms with Crippen molar-refractivity contribution in [2.75, 3.05) is 6.54 Å². The van der Waals surface area contributed by atoms with Crippen LogP contribution in [0.25, 0.3) is 0 Å². The van der Waals surface area contributed by atoms with Crippen LogP contribution >= 0.6 is 22.6 Å². The predicted molar refractivity (Wildman–Crippen MR) is 87.5 cm³/mol. The molecule has 1 aromatic heterocycles. The maximum Gasteiger partial charge on any atom is 0.106 e. The molecule has 1 atom stereocenters. The van der Waals surface area contributed by atoms with Gasteiger partial charge in [0, 0.05) is 9.13 Å². The second-order valence-electron chi connectivity index (χ2n) is 4.81. The van der Waals surface area contributed by atoms with E-state index in [4.69, 9.17) is 4.42 Å². The summed E-state index contributed by atoms with van der Waals surface area (Å²) in [5, 5.41) is 3.62. The van der Waals surface area contributed by atoms with E-state index in [0.29, 0.717) is 0 Å². The van der Waals surface area contributed by atoms with Crippen LogP contribution in [0.15, 0.2) is 34.7 Å². The van der Waals surface area contributed by atoms with Gasteiger partial charge < -0.3 is 9.73 Å². The third-order valence-corrected chi connectivity index (χ3v) is 3.84. The van der Waals surface area contributed by atoms with Gasteiger partial charge in [-0.05, 0) is 73.2 Å². The highest BCUT2D eigenvalue weighted by Crippen LogP contribution is 2.28. The van der Waals surface area contributed by atoms with E-state index >= 15 is 0 Å². The van der Waals surface area contributed by atoms with Gasteiger partial charge in [-0.15, -0.1) is 0 Å². The second-order valence-corrected chi connectivity index (χ2v) is 6.06. The molecule has 1 heterocycles. The van der Waals surface area contributed by atoms with Crippen LogP contribution in [-0.4, -0.2) is 6.54 Å². The van der Waals surface area contributed by atoms with Gasteiger partial charge in [-0.1, -0.05) is 19.1 Å². The summed E-state index contributed by atoms with van der Waals surface area (Å²) in [5.74, 6) is 1.98. The maximum absolute atomic E-state index is 5.69. The van der Waals surface area contributed by atoms with Crippen molar-refractivity contribution in [3.63, 3.8) is 0 Å². The molecule has 0 amide bonds. The minimum Gasteiger partial charge on any atom is -0.466 e. The predicted octanol–water partition coefficient (Wildman–Crippen LogP) is 4.59. The molecule has 1 unspecified atom stereocenters. The Bertz CT molecular complexity index is 547. The SMILES string of the molecule is CCCNC(c1cccc(I)c1)c1cc(C)oc1C. The third kappa shape index (κ3) is 3.60. The average molecular weight is 369 g/mol. The van der Waals surface area contributed by atoms with E-state index in [1.807, 2.05) is 13.8 Å². The van der Waals surface area contributed by atoms with E-state index in [0.717, 1.165) is 24.5 Å². The molecule has 102 valence electrons. The zero-order valence-corrected chi connectivity index (χ0v) is 13.8. The Morgan fingerprint density at radius 2 is 2.05 bits per heavy atom. The van der Waals surface area contributed by atoms with Crippen molar-refractivity contribution in [2.24, 2.45) is 0 Å². The Kier molecular flexibility index (Phi) is 5.05. The topological polar surface area (TPSA) is 25.2 Å². The lowest BCUT2D eigenvalue weighted by molar-refractivity contribution is 0.493. The van der Waals surface area contributed by atoms with Crippen LogP contribution in [0, 0.1) is 17.4 Å². The number of hydrogen-bond donors (Lipinski definition) is 1. The number of hydrogen-bond acceptors (Lipinski definition) is 2. The number of furan rings is 1. The van der Waals surface area contributed by atoms with Crippen molar-refractivity contribution < 1.29 is 4.42 Å². The zero-order chi connectivity index (χ0) is 13.8. The molecule has 0 saturated heterocycles. The van der Waals surface area contributed by atoms with Crippen molar-refractivity contribution in [3.8, 4) is 0 Å². The molecule has 19 heavy (non-hydrogen) atoms. The molecule has 2 rings (SSSR count). The second kappa shape index (κ2) is 6.57. The smallest absolute Gasteiger partial charge is 0.106 e. The van der Waals surface area contributed by atoms with Crippen LogP contribution in [0.3, 0.4) is 0 Å². The minimum absolute atomic E-state index is 0.215. The summed E-state index contributed by atoms with van der Waals surface area (Å²) in [5.41, 5.74) is 2.54. The fourth-order valence-electron chi connectivity index (χ4n) is 2.32. The first-order valence-corrected chi connectivity index (χ1v) is 7.75. The van der Waals surface area contributed by atoms with E-state index in [9.17, 15) is 0 Å². The van der Waals surface area contributed by atoms with Gasteiger partial charge in [0.1, 0.15) is 11.5 Å². The summed E-state index contributed by atoms with van der Waals surface area (Å²) in [7, 11) is 0. The Hall–Kier alpha value is -0.810. The van der Waals surface area contributed by atoms with Gasteiger partial charge >= 0.3 is 0 Å². The molecular formula is C16H20INO. The Labute approximate surface area is 128 Å². The van der Waals surface area contributed by atoms with Crippen LogP contribution in [0.1, 0.15) is 42.0 Å². The molecule has 0 aliphatic rings. The lowest BCUT2D eigenvalue weighted by atomic mass is 9.99. The van der Waals surface area contributed by atoms with Gasteiger partial charge in [0.15, 0.2) is 0 Å². The molecule has 0 saturated carbocycles. The van der Waals surface area contributed by atoms with E-state index in [1.165, 1.54) is 14.7 Å². The van der Waals surface area contributed by atoms with Crippen molar-refractivity contribution in [2.45, 2.75) is 33.2 Å². The van der Waals surface area contributed by atoms with Gasteiger partial charge in [0.25, 0.3) is 0 Å². The zero-order valence-electron chi connectivity index (χ0n) is 11.7. The summed E-state index contributed by atoms with van der Waals surface area (Å²) in [4.78, 5) is 0. The highest BCUT2D eigenvalue weighted by atomic mass is 127. The van der Waals surface area contributed by atoms with Crippen LogP contribution in [-0.2, 0) is 0 Å². The fraction of sp³-hybridized carbons (Fsp3) is 0.375. The number of benzene rings is 1. The molecule has 3 heteroatoms. The molecule has 1 N–H and O–H groups in total. The molecule has 1 aromatic carbocycles. The van der Waals surface area contributed by atoms with Crippen molar-refractivity contribution in [1.29, 1.82) is 0 Å². The lowest BCUT2D eigenvalue weighted by Gasteiger charge is -2.19. The minimum atomic E-state index is 0.215. The van der Waals surface area contributed by atoms with Gasteiger partial charge in [-0.2, -0.15) is 0 Å². The first kappa shape index (κ1) is 14.6. The van der Waals surface area contributed by atoms with Crippen LogP contribution in [0.2, 0.25) is 0 Å². The number of aryl methyl sites for hydroxylation is 2. The summed E-state index contributed by atoms with van der Waals surface area (Å²) < 4.78 is 6.95. The lowest BCUT2D eigenvalue weighted by Crippen LogP contribution is -2.23. The van der Waals surface area contributed by atoms with Crippen LogP contribution in [0.5, 0.6) is 0 Å². The van der Waals surface area contributed by atoms with Crippen molar-refractivity contribution >= 4 is 22.6 Å². The quantitative estimate of drug-likeness (QED) is 0.780. The largest absolute Gasteiger partial charge is 0.466 e. The van der Waals surface area contributed by atoms with Crippen LogP contribution < -0.4 is 5.32 Å². The maximum atomic E-state index is 5.69. The Morgan fingerprint density at radius 1 is 1.26 bits per heavy atom. The normalized spacial score (nSPS) is 12.6. The van der Waals surface area contributed by atoms with Gasteiger partial charge in [0.05, 0.1) is 6.04 Å². The molecule has 0 aliphatic carbocycles. The summed E-state index contributed by atoms with van der Waals surface area (Å²) >= 11 is 2.36. The molecule has 0 aliphatic heterocycles. The summed E-state index contributed by atoms with van der Waals surface area (Å²) in [6, 6.07) is 11.0. The van der Waals surface area contributed by atoms with Gasteiger partial charge in [0.2, 0.25) is 0 Å². The molecule has 0 bridgehead atoms. The monoisotopic (exact) mass is 369 g/mol. The highest BCUT2D eigenvalue weighted by Gasteiger charge is 2.18. The Balaban J connectivity index is 2.38. The molecule has 0 radical (unpaired) electrons. The van der Waals surface area contributed by atoms with E-state index in [2.05, 4.69) is 65.2 Å². The van der Waals surface area contributed by atoms with E-state index in [-0.39, 0.29) is 6.04 Å². The van der Waals surface area contributed by atoms with E-state index in [1.54, 1.807) is 0 Å². The summed E-state index contributed by atoms with van der Waals surface area (Å²) in [6.07, 6.45) is 1.12. The molecule has 0 fully saturated rings. The fourth-order valence-corrected chi connectivity index (χ4v) is 2.89. The molecule has 0 spiro atoms. The van der Waals surface area contributed by atoms with Gasteiger partial charge in [-0.25, -0.2) is 0 Å². The number of nitrogens with one attached hydrogen (secondary N) is 1. The Morgan fingerprint density at radius 3 is 2.63 bits per heavy atom. The van der Waals surface area contributed by atoms with Gasteiger partial charge in [-0.3, -0.25) is 0 Å². The highest BCUT2D eigenvalue weighted by molar-refractivity contribution is 14.1. The standard InChI is InChI=1S/C16H20INO/c1-4-8-18-16(13-6-5-7-14(17)10-13)15-9-11(2)19-12(15)3/h5-7,9-10,16,18H,4,8H2,1-3H3. The van der Waals surface area contributed by atoms with Crippen molar-refractivity contribution in [1.82, 2.24) is 5.32 Å². The first-order chi connectivity index (χ1) is 9.11. The van der Waals surface area contributed by atoms with Crippen LogP contribution in [0.4, 0.5) is 0 Å². The van der Waals surface area contributed by atoms with Crippen molar-refractivity contribution in [3.05, 3.63) is 56.5 Å². The summed E-state index contributed by atoms with van der Waals surface area (Å²) in [6.45, 7) is 7.23. The first-order valence-electron chi connectivity index (χ1n) is 6.67. The molecular weight excluding hydrogens is 349 g/mol. The molecule has 2 nitrogen and oxygen atoms in total.